The highest BCUT2D eigenvalue weighted by Crippen LogP contribution is 2.38. The van der Waals surface area contributed by atoms with Gasteiger partial charge < -0.3 is 28.8 Å². The van der Waals surface area contributed by atoms with Crippen molar-refractivity contribution in [3.05, 3.63) is 48.6 Å². The summed E-state index contributed by atoms with van der Waals surface area (Å²) in [4.78, 5) is 25.1. The van der Waals surface area contributed by atoms with Crippen LogP contribution in [0.1, 0.15) is 142 Å². The van der Waals surface area contributed by atoms with E-state index < -0.39 is 26.6 Å². The van der Waals surface area contributed by atoms with Crippen LogP contribution in [-0.4, -0.2) is 68.5 Å². The number of aliphatic hydroxyl groups excluding tert-OH is 1. The number of hydrogen-bond donors (Lipinski definition) is 2. The number of rotatable bonds is 33. The van der Waals surface area contributed by atoms with Gasteiger partial charge in [-0.2, -0.15) is 0 Å². The summed E-state index contributed by atoms with van der Waals surface area (Å²) in [5.41, 5.74) is 0. The molecular formula is C39H73N2O6P. The van der Waals surface area contributed by atoms with E-state index in [0.717, 1.165) is 44.9 Å². The van der Waals surface area contributed by atoms with Gasteiger partial charge in [0.1, 0.15) is 13.2 Å². The molecule has 0 saturated heterocycles. The first-order chi connectivity index (χ1) is 23.0. The number of phosphoric acid groups is 1. The molecule has 9 heteroatoms. The molecule has 0 aromatic heterocycles. The van der Waals surface area contributed by atoms with Crippen molar-refractivity contribution in [3.8, 4) is 0 Å². The predicted molar refractivity (Wildman–Crippen MR) is 201 cm³/mol. The molecule has 0 aromatic carbocycles. The standard InChI is InChI=1S/C39H73N2O6P/c1-6-8-10-12-14-16-17-18-19-20-21-22-23-25-27-29-31-33-39(43)40-37(36-47-48(44,45)46-35-34-41(3,4)5)38(42)32-30-28-26-24-15-13-11-9-7-2/h7,9,15,18-19,24,30,32,37-38,42H,6,8,10-14,16-17,20-23,25-29,31,33-36H2,1-5H3,(H-,40,43,44,45)/b9-7+,19-18-,24-15+,32-30+. The van der Waals surface area contributed by atoms with Gasteiger partial charge in [0, 0.05) is 6.42 Å². The number of quaternary nitrogens is 1. The molecule has 0 fully saturated rings. The number of hydrogen-bond acceptors (Lipinski definition) is 6. The largest absolute Gasteiger partial charge is 0.756 e. The van der Waals surface area contributed by atoms with Crippen LogP contribution in [0.3, 0.4) is 0 Å². The second kappa shape index (κ2) is 31.4. The fourth-order valence-corrected chi connectivity index (χ4v) is 5.73. The Hall–Kier alpha value is -1.54. The minimum absolute atomic E-state index is 0.0115. The van der Waals surface area contributed by atoms with Crippen molar-refractivity contribution < 1.29 is 32.9 Å². The SMILES string of the molecule is C/C=C/CC/C=C/CC/C=C/C(O)C(COP(=O)([O-])OCC[N+](C)(C)C)NC(=O)CCCCCCCCC/C=C\CCCCCCCC. The zero-order chi connectivity index (χ0) is 35.8. The van der Waals surface area contributed by atoms with E-state index in [2.05, 4.69) is 42.6 Å². The van der Waals surface area contributed by atoms with E-state index in [-0.39, 0.29) is 12.5 Å². The minimum Gasteiger partial charge on any atom is -0.756 e. The van der Waals surface area contributed by atoms with Crippen LogP contribution >= 0.6 is 7.82 Å². The van der Waals surface area contributed by atoms with Crippen molar-refractivity contribution in [2.75, 3.05) is 40.9 Å². The molecule has 2 N–H and O–H groups in total. The maximum absolute atomic E-state index is 12.7. The highest BCUT2D eigenvalue weighted by Gasteiger charge is 2.23. The van der Waals surface area contributed by atoms with Gasteiger partial charge in [0.25, 0.3) is 7.82 Å². The fourth-order valence-electron chi connectivity index (χ4n) is 5.01. The van der Waals surface area contributed by atoms with Crippen molar-refractivity contribution in [3.63, 3.8) is 0 Å². The van der Waals surface area contributed by atoms with Crippen LogP contribution in [0.5, 0.6) is 0 Å². The van der Waals surface area contributed by atoms with E-state index in [4.69, 9.17) is 9.05 Å². The summed E-state index contributed by atoms with van der Waals surface area (Å²) >= 11 is 0. The zero-order valence-corrected chi connectivity index (χ0v) is 32.3. The van der Waals surface area contributed by atoms with Gasteiger partial charge in [-0.1, -0.05) is 120 Å². The first kappa shape index (κ1) is 46.5. The Morgan fingerprint density at radius 3 is 1.81 bits per heavy atom. The van der Waals surface area contributed by atoms with Crippen molar-refractivity contribution in [1.82, 2.24) is 5.32 Å². The van der Waals surface area contributed by atoms with Crippen molar-refractivity contribution in [2.24, 2.45) is 0 Å². The first-order valence-electron chi connectivity index (χ1n) is 19.0. The summed E-state index contributed by atoms with van der Waals surface area (Å²) in [6, 6.07) is -0.908. The Morgan fingerprint density at radius 2 is 1.25 bits per heavy atom. The van der Waals surface area contributed by atoms with Gasteiger partial charge >= 0.3 is 0 Å². The number of nitrogens with one attached hydrogen (secondary N) is 1. The second-order valence-corrected chi connectivity index (χ2v) is 15.3. The van der Waals surface area contributed by atoms with Crippen LogP contribution < -0.4 is 10.2 Å². The normalized spacial score (nSPS) is 15.2. The summed E-state index contributed by atoms with van der Waals surface area (Å²) in [5, 5.41) is 13.6. The topological polar surface area (TPSA) is 108 Å². The molecule has 0 rings (SSSR count). The molecule has 0 radical (unpaired) electrons. The summed E-state index contributed by atoms with van der Waals surface area (Å²) < 4.78 is 23.0. The van der Waals surface area contributed by atoms with E-state index in [9.17, 15) is 19.4 Å². The average Bonchev–Trinajstić information content (AvgIpc) is 3.02. The quantitative estimate of drug-likeness (QED) is 0.0307. The second-order valence-electron chi connectivity index (χ2n) is 13.9. The van der Waals surface area contributed by atoms with Gasteiger partial charge in [0.15, 0.2) is 0 Å². The lowest BCUT2D eigenvalue weighted by atomic mass is 10.1. The Morgan fingerprint density at radius 1 is 0.750 bits per heavy atom. The molecule has 8 nitrogen and oxygen atoms in total. The number of allylic oxidation sites excluding steroid dienone is 7. The van der Waals surface area contributed by atoms with Crippen molar-refractivity contribution >= 4 is 13.7 Å². The number of nitrogens with zero attached hydrogens (tertiary/aromatic N) is 1. The summed E-state index contributed by atoms with van der Waals surface area (Å²) in [6.07, 6.45) is 37.5. The maximum atomic E-state index is 12.7. The Balaban J connectivity index is 4.47. The number of unbranched alkanes of at least 4 members (excludes halogenated alkanes) is 15. The van der Waals surface area contributed by atoms with Gasteiger partial charge in [0.2, 0.25) is 5.91 Å². The Labute approximate surface area is 295 Å². The van der Waals surface area contributed by atoms with Crippen molar-refractivity contribution in [2.45, 2.75) is 154 Å². The molecule has 0 aliphatic heterocycles. The molecule has 280 valence electrons. The molecule has 0 aliphatic carbocycles. The highest BCUT2D eigenvalue weighted by atomic mass is 31.2. The Bertz CT molecular complexity index is 928. The van der Waals surface area contributed by atoms with Gasteiger partial charge in [-0.25, -0.2) is 0 Å². The number of carbonyl (C=O) groups excluding carboxylic acids is 1. The lowest BCUT2D eigenvalue weighted by molar-refractivity contribution is -0.870. The van der Waals surface area contributed by atoms with E-state index >= 15 is 0 Å². The van der Waals surface area contributed by atoms with Crippen molar-refractivity contribution in [1.29, 1.82) is 0 Å². The number of phosphoric ester groups is 1. The number of amides is 1. The molecule has 0 heterocycles. The third-order valence-corrected chi connectivity index (χ3v) is 9.05. The molecule has 3 unspecified atom stereocenters. The Kier molecular flexibility index (Phi) is 30.4. The van der Waals surface area contributed by atoms with Crippen LogP contribution in [0.15, 0.2) is 48.6 Å². The van der Waals surface area contributed by atoms with E-state index in [1.165, 1.54) is 77.0 Å². The van der Waals surface area contributed by atoms with Crippen LogP contribution in [-0.2, 0) is 18.4 Å². The number of carbonyl (C=O) groups is 1. The minimum atomic E-state index is -4.59. The van der Waals surface area contributed by atoms with Gasteiger partial charge in [0.05, 0.1) is 39.9 Å². The van der Waals surface area contributed by atoms with E-state index in [1.54, 1.807) is 6.08 Å². The molecule has 1 amide bonds. The fraction of sp³-hybridized carbons (Fsp3) is 0.769. The molecule has 48 heavy (non-hydrogen) atoms. The van der Waals surface area contributed by atoms with Crippen LogP contribution in [0.2, 0.25) is 0 Å². The van der Waals surface area contributed by atoms with Crippen LogP contribution in [0.4, 0.5) is 0 Å². The molecule has 0 bridgehead atoms. The summed E-state index contributed by atoms with van der Waals surface area (Å²) in [7, 11) is 1.22. The summed E-state index contributed by atoms with van der Waals surface area (Å²) in [6.45, 7) is 4.34. The predicted octanol–water partition coefficient (Wildman–Crippen LogP) is 9.11. The van der Waals surface area contributed by atoms with Crippen LogP contribution in [0, 0.1) is 0 Å². The van der Waals surface area contributed by atoms with E-state index in [0.29, 0.717) is 17.4 Å². The number of aliphatic hydroxyl groups is 1. The maximum Gasteiger partial charge on any atom is 0.268 e. The van der Waals surface area contributed by atoms with Gasteiger partial charge in [-0.05, 0) is 64.7 Å². The first-order valence-corrected chi connectivity index (χ1v) is 20.4. The van der Waals surface area contributed by atoms with Gasteiger partial charge in [-0.15, -0.1) is 0 Å². The zero-order valence-electron chi connectivity index (χ0n) is 31.4. The molecule has 0 spiro atoms. The highest BCUT2D eigenvalue weighted by molar-refractivity contribution is 7.45. The lowest BCUT2D eigenvalue weighted by Crippen LogP contribution is -2.45. The lowest BCUT2D eigenvalue weighted by Gasteiger charge is -2.29. The number of likely N-dealkylation sites (N-methyl/N-ethyl adjacent to an activating group) is 1. The van der Waals surface area contributed by atoms with Crippen LogP contribution in [0.25, 0.3) is 0 Å². The third-order valence-electron chi connectivity index (χ3n) is 8.08. The summed E-state index contributed by atoms with van der Waals surface area (Å²) in [5.74, 6) is -0.223. The monoisotopic (exact) mass is 697 g/mol. The molecule has 0 saturated carbocycles. The smallest absolute Gasteiger partial charge is 0.268 e. The molecule has 3 atom stereocenters. The molecular weight excluding hydrogens is 623 g/mol. The third kappa shape index (κ3) is 33.0. The van der Waals surface area contributed by atoms with Gasteiger partial charge in [-0.3, -0.25) is 9.36 Å². The molecule has 0 aliphatic rings. The van der Waals surface area contributed by atoms with E-state index in [1.807, 2.05) is 40.2 Å². The average molecular weight is 697 g/mol. The molecule has 0 aromatic rings.